The smallest absolute Gasteiger partial charge is 0.361 e. The van der Waals surface area contributed by atoms with Crippen molar-refractivity contribution in [1.29, 1.82) is 0 Å². The molecule has 0 saturated carbocycles. The van der Waals surface area contributed by atoms with Gasteiger partial charge < -0.3 is 5.73 Å². The molecule has 12 heteroatoms. The number of hydrogen-bond acceptors (Lipinski definition) is 8. The van der Waals surface area contributed by atoms with Gasteiger partial charge in [-0.1, -0.05) is 6.08 Å². The summed E-state index contributed by atoms with van der Waals surface area (Å²) in [5.74, 6) is -0.616. The number of nitrogens with two attached hydrogens (primary N) is 1. The van der Waals surface area contributed by atoms with Crippen molar-refractivity contribution in [3.8, 4) is 0 Å². The normalized spacial score (nSPS) is 17.6. The van der Waals surface area contributed by atoms with Gasteiger partial charge in [0, 0.05) is 13.1 Å². The summed E-state index contributed by atoms with van der Waals surface area (Å²) in [6.07, 6.45) is 2.37. The van der Waals surface area contributed by atoms with E-state index in [-0.39, 0.29) is 42.8 Å². The highest BCUT2D eigenvalue weighted by atomic mass is 32.2. The predicted octanol–water partition coefficient (Wildman–Crippen LogP) is -2.28. The number of aromatic nitrogens is 2. The van der Waals surface area contributed by atoms with Gasteiger partial charge in [0.2, 0.25) is 15.3 Å². The van der Waals surface area contributed by atoms with Gasteiger partial charge in [0.1, 0.15) is 0 Å². The molecule has 1 aromatic heterocycles. The summed E-state index contributed by atoms with van der Waals surface area (Å²) in [4.78, 5) is 1.08. The number of nitrogens with zero attached hydrogens (tertiary/aromatic N) is 4. The van der Waals surface area contributed by atoms with Gasteiger partial charge in [0.25, 0.3) is 9.84 Å². The van der Waals surface area contributed by atoms with Gasteiger partial charge in [-0.15, -0.1) is 11.6 Å². The molecule has 1 aliphatic heterocycles. The van der Waals surface area contributed by atoms with E-state index in [1.165, 1.54) is 10.4 Å². The average molecular weight is 352 g/mol. The number of sulfone groups is 1. The Bertz CT molecular complexity index is 762. The van der Waals surface area contributed by atoms with Crippen molar-refractivity contribution in [3.63, 3.8) is 0 Å². The van der Waals surface area contributed by atoms with Crippen molar-refractivity contribution in [2.45, 2.75) is 5.03 Å². The van der Waals surface area contributed by atoms with Crippen molar-refractivity contribution in [1.82, 2.24) is 9.58 Å². The van der Waals surface area contributed by atoms with E-state index in [2.05, 4.69) is 11.9 Å². The minimum absolute atomic E-state index is 0.222. The minimum atomic E-state index is -3.73. The van der Waals surface area contributed by atoms with Crippen LogP contribution in [-0.2, 0) is 19.9 Å². The van der Waals surface area contributed by atoms with E-state index in [1.54, 1.807) is 5.01 Å². The van der Waals surface area contributed by atoms with E-state index >= 15 is 0 Å². The molecule has 0 amide bonds. The van der Waals surface area contributed by atoms with E-state index in [0.29, 0.717) is 0 Å². The lowest BCUT2D eigenvalue weighted by Gasteiger charge is -2.28. The zero-order valence-electron chi connectivity index (χ0n) is 12.0. The van der Waals surface area contributed by atoms with Crippen LogP contribution < -0.4 is 15.5 Å². The molecule has 1 aliphatic rings. The largest absolute Gasteiger partial charge is 0.421 e. The monoisotopic (exact) mass is 352 g/mol. The summed E-state index contributed by atoms with van der Waals surface area (Å²) >= 11 is 0. The number of nitrogen functional groups attached to an aromatic ring is 1. The lowest BCUT2D eigenvalue weighted by molar-refractivity contribution is -0.790. The molecule has 2 N–H and O–H groups in total. The second-order valence-electron chi connectivity index (χ2n) is 4.82. The third-order valence-corrected chi connectivity index (χ3v) is 6.12. The third-order valence-electron chi connectivity index (χ3n) is 3.19. The summed E-state index contributed by atoms with van der Waals surface area (Å²) in [5.41, 5.74) is 5.56. The van der Waals surface area contributed by atoms with Crippen molar-refractivity contribution in [2.75, 3.05) is 48.9 Å². The summed E-state index contributed by atoms with van der Waals surface area (Å²) in [6, 6.07) is 0. The fraction of sp³-hybridized carbons (Fsp3) is 0.600. The van der Waals surface area contributed by atoms with Crippen LogP contribution in [0.5, 0.6) is 0 Å². The Morgan fingerprint density at radius 1 is 1.32 bits per heavy atom. The molecule has 0 unspecified atom stereocenters. The van der Waals surface area contributed by atoms with Crippen LogP contribution in [-0.4, -0.2) is 64.6 Å². The topological polar surface area (TPSA) is 131 Å². The standard InChI is InChI=1S/C10H18N5O5S2/c1-3-8-22(18,19)10-9(11)20-12-15(10)13-4-6-14(7-5-13)21(2,16)17/h3H,1,4-8,11H2,2H3/q+1. The SMILES string of the molecule is C=CCS(=O)(=O)c1c(N)on[n+]1N1CCN(S(C)(=O)=O)CC1. The summed E-state index contributed by atoms with van der Waals surface area (Å²) in [7, 11) is -7.01. The van der Waals surface area contributed by atoms with Crippen molar-refractivity contribution < 1.29 is 26.1 Å². The second-order valence-corrected chi connectivity index (χ2v) is 8.75. The molecule has 0 atom stereocenters. The first-order chi connectivity index (χ1) is 10.2. The first-order valence-corrected chi connectivity index (χ1v) is 9.88. The molecular weight excluding hydrogens is 334 g/mol. The molecule has 0 radical (unpaired) electrons. The fourth-order valence-corrected chi connectivity index (χ4v) is 4.18. The second kappa shape index (κ2) is 5.85. The maximum atomic E-state index is 12.2. The molecular formula is C10H18N5O5S2+. The van der Waals surface area contributed by atoms with Crippen LogP contribution in [0.3, 0.4) is 0 Å². The third kappa shape index (κ3) is 3.23. The molecule has 1 saturated heterocycles. The van der Waals surface area contributed by atoms with Gasteiger partial charge in [-0.2, -0.15) is 4.31 Å². The van der Waals surface area contributed by atoms with Crippen LogP contribution in [0.4, 0.5) is 5.88 Å². The van der Waals surface area contributed by atoms with Crippen LogP contribution in [0.1, 0.15) is 0 Å². The Balaban J connectivity index is 2.28. The van der Waals surface area contributed by atoms with Gasteiger partial charge in [0.05, 0.1) is 29.9 Å². The highest BCUT2D eigenvalue weighted by Gasteiger charge is 2.40. The molecule has 22 heavy (non-hydrogen) atoms. The molecule has 0 aliphatic carbocycles. The van der Waals surface area contributed by atoms with Gasteiger partial charge in [0.15, 0.2) is 0 Å². The molecule has 2 rings (SSSR count). The number of anilines is 1. The Labute approximate surface area is 128 Å². The van der Waals surface area contributed by atoms with Crippen molar-refractivity contribution in [3.05, 3.63) is 12.7 Å². The zero-order chi connectivity index (χ0) is 16.5. The molecule has 0 aromatic carbocycles. The van der Waals surface area contributed by atoms with Gasteiger partial charge in [-0.3, -0.25) is 4.52 Å². The molecule has 0 spiro atoms. The number of sulfonamides is 1. The van der Waals surface area contributed by atoms with Crippen molar-refractivity contribution in [2.24, 2.45) is 0 Å². The number of hydrogen-bond donors (Lipinski definition) is 1. The Morgan fingerprint density at radius 2 is 1.91 bits per heavy atom. The van der Waals surface area contributed by atoms with Gasteiger partial charge in [-0.25, -0.2) is 16.8 Å². The van der Waals surface area contributed by atoms with E-state index < -0.39 is 19.9 Å². The molecule has 1 aromatic rings. The highest BCUT2D eigenvalue weighted by molar-refractivity contribution is 7.91. The molecule has 1 fully saturated rings. The van der Waals surface area contributed by atoms with Crippen LogP contribution in [0.2, 0.25) is 0 Å². The van der Waals surface area contributed by atoms with E-state index in [4.69, 9.17) is 10.3 Å². The van der Waals surface area contributed by atoms with Crippen LogP contribution in [0, 0.1) is 0 Å². The Kier molecular flexibility index (Phi) is 4.44. The van der Waals surface area contributed by atoms with E-state index in [9.17, 15) is 16.8 Å². The van der Waals surface area contributed by atoms with E-state index in [0.717, 1.165) is 11.0 Å². The highest BCUT2D eigenvalue weighted by Crippen LogP contribution is 2.15. The maximum absolute atomic E-state index is 12.2. The van der Waals surface area contributed by atoms with Gasteiger partial charge >= 0.3 is 10.9 Å². The molecule has 10 nitrogen and oxygen atoms in total. The fourth-order valence-electron chi connectivity index (χ4n) is 2.15. The van der Waals surface area contributed by atoms with Crippen LogP contribution >= 0.6 is 0 Å². The first-order valence-electron chi connectivity index (χ1n) is 6.38. The van der Waals surface area contributed by atoms with Gasteiger partial charge in [-0.05, 0) is 0 Å². The predicted molar refractivity (Wildman–Crippen MR) is 77.7 cm³/mol. The average Bonchev–Trinajstić information content (AvgIpc) is 2.80. The Morgan fingerprint density at radius 3 is 2.41 bits per heavy atom. The molecule has 124 valence electrons. The number of piperazine rings is 1. The van der Waals surface area contributed by atoms with E-state index in [1.807, 2.05) is 0 Å². The summed E-state index contributed by atoms with van der Waals surface area (Å²) in [5, 5.41) is 4.95. The van der Waals surface area contributed by atoms with Crippen molar-refractivity contribution >= 4 is 25.7 Å². The minimum Gasteiger partial charge on any atom is -0.361 e. The lowest BCUT2D eigenvalue weighted by Crippen LogP contribution is -2.67. The summed E-state index contributed by atoms with van der Waals surface area (Å²) in [6.45, 7) is 4.37. The summed E-state index contributed by atoms with van der Waals surface area (Å²) < 4.78 is 53.5. The quantitative estimate of drug-likeness (QED) is 0.463. The Hall–Kier alpha value is -1.66. The number of rotatable bonds is 5. The first kappa shape index (κ1) is 16.7. The zero-order valence-corrected chi connectivity index (χ0v) is 13.7. The lowest BCUT2D eigenvalue weighted by atomic mass is 10.4. The van der Waals surface area contributed by atoms with Crippen LogP contribution in [0.15, 0.2) is 22.2 Å². The maximum Gasteiger partial charge on any atom is 0.421 e. The molecule has 0 bridgehead atoms. The molecule has 2 heterocycles. The van der Waals surface area contributed by atoms with Crippen LogP contribution in [0.25, 0.3) is 0 Å².